The Morgan fingerprint density at radius 2 is 2.24 bits per heavy atom. The van der Waals surface area contributed by atoms with Crippen LogP contribution in [0.5, 0.6) is 0 Å². The van der Waals surface area contributed by atoms with Crippen LogP contribution in [0.3, 0.4) is 0 Å². The van der Waals surface area contributed by atoms with Crippen LogP contribution in [0.4, 0.5) is 0 Å². The van der Waals surface area contributed by atoms with Gasteiger partial charge in [0.2, 0.25) is 0 Å². The molecule has 17 heavy (non-hydrogen) atoms. The number of carbonyl (C=O) groups is 1. The minimum absolute atomic E-state index is 0.327. The van der Waals surface area contributed by atoms with Crippen molar-refractivity contribution in [3.8, 4) is 0 Å². The lowest BCUT2D eigenvalue weighted by atomic mass is 10.2. The highest BCUT2D eigenvalue weighted by Gasteiger charge is 2.14. The van der Waals surface area contributed by atoms with Crippen LogP contribution < -0.4 is 0 Å². The molecule has 0 atom stereocenters. The second-order valence-corrected chi connectivity index (χ2v) is 4.01. The fourth-order valence-electron chi connectivity index (χ4n) is 1.62. The van der Waals surface area contributed by atoms with Gasteiger partial charge in [0.25, 0.3) is 0 Å². The molecule has 0 saturated heterocycles. The predicted octanol–water partition coefficient (Wildman–Crippen LogP) is 2.96. The SMILES string of the molecule is CCOC(=O)c1cc2nc(CC)[nH]c2cc1Cl. The summed E-state index contributed by atoms with van der Waals surface area (Å²) in [5.74, 6) is 0.456. The van der Waals surface area contributed by atoms with Crippen LogP contribution >= 0.6 is 11.6 Å². The number of fused-ring (bicyclic) bond motifs is 1. The highest BCUT2D eigenvalue weighted by Crippen LogP contribution is 2.23. The van der Waals surface area contributed by atoms with Gasteiger partial charge in [-0.1, -0.05) is 18.5 Å². The van der Waals surface area contributed by atoms with E-state index < -0.39 is 5.97 Å². The molecule has 0 spiro atoms. The van der Waals surface area contributed by atoms with Gasteiger partial charge < -0.3 is 9.72 Å². The van der Waals surface area contributed by atoms with E-state index in [1.165, 1.54) is 0 Å². The number of rotatable bonds is 3. The molecule has 2 aromatic rings. The molecule has 0 aliphatic rings. The molecule has 1 heterocycles. The highest BCUT2D eigenvalue weighted by molar-refractivity contribution is 6.34. The maximum Gasteiger partial charge on any atom is 0.339 e. The lowest BCUT2D eigenvalue weighted by Gasteiger charge is -2.03. The molecule has 2 rings (SSSR count). The molecule has 0 aliphatic heterocycles. The summed E-state index contributed by atoms with van der Waals surface area (Å²) in [6, 6.07) is 3.36. The van der Waals surface area contributed by atoms with Crippen molar-refractivity contribution >= 4 is 28.6 Å². The molecule has 0 unspecified atom stereocenters. The van der Waals surface area contributed by atoms with E-state index in [-0.39, 0.29) is 0 Å². The van der Waals surface area contributed by atoms with Gasteiger partial charge in [-0.05, 0) is 19.1 Å². The summed E-state index contributed by atoms with van der Waals surface area (Å²) in [5, 5.41) is 0.377. The minimum Gasteiger partial charge on any atom is -0.462 e. The number of nitrogens with one attached hydrogen (secondary N) is 1. The number of imidazole rings is 1. The van der Waals surface area contributed by atoms with Crippen molar-refractivity contribution in [2.45, 2.75) is 20.3 Å². The number of aromatic amines is 1. The van der Waals surface area contributed by atoms with Crippen LogP contribution in [-0.2, 0) is 11.2 Å². The van der Waals surface area contributed by atoms with E-state index in [4.69, 9.17) is 16.3 Å². The molecule has 90 valence electrons. The van der Waals surface area contributed by atoms with E-state index in [1.54, 1.807) is 19.1 Å². The van der Waals surface area contributed by atoms with E-state index in [2.05, 4.69) is 9.97 Å². The smallest absolute Gasteiger partial charge is 0.339 e. The van der Waals surface area contributed by atoms with Gasteiger partial charge in [-0.15, -0.1) is 0 Å². The number of carbonyl (C=O) groups excluding carboxylic acids is 1. The van der Waals surface area contributed by atoms with Crippen molar-refractivity contribution in [3.05, 3.63) is 28.5 Å². The van der Waals surface area contributed by atoms with E-state index >= 15 is 0 Å². The number of benzene rings is 1. The largest absolute Gasteiger partial charge is 0.462 e. The zero-order chi connectivity index (χ0) is 12.4. The molecule has 0 aliphatic carbocycles. The summed E-state index contributed by atoms with van der Waals surface area (Å²) in [7, 11) is 0. The van der Waals surface area contributed by atoms with Crippen molar-refractivity contribution in [3.63, 3.8) is 0 Å². The number of hydrogen-bond donors (Lipinski definition) is 1. The van der Waals surface area contributed by atoms with Gasteiger partial charge in [-0.2, -0.15) is 0 Å². The highest BCUT2D eigenvalue weighted by atomic mass is 35.5. The van der Waals surface area contributed by atoms with Crippen LogP contribution in [0.2, 0.25) is 5.02 Å². The summed E-state index contributed by atoms with van der Waals surface area (Å²) < 4.78 is 4.93. The fraction of sp³-hybridized carbons (Fsp3) is 0.333. The van der Waals surface area contributed by atoms with Crippen molar-refractivity contribution in [1.82, 2.24) is 9.97 Å². The third-order valence-corrected chi connectivity index (χ3v) is 2.76. The van der Waals surface area contributed by atoms with Gasteiger partial charge in [0, 0.05) is 6.42 Å². The summed E-state index contributed by atoms with van der Waals surface area (Å²) in [6.45, 7) is 4.09. The van der Waals surface area contributed by atoms with Crippen LogP contribution in [0, 0.1) is 0 Å². The third-order valence-electron chi connectivity index (χ3n) is 2.45. The molecule has 5 heteroatoms. The predicted molar refractivity (Wildman–Crippen MR) is 66.4 cm³/mol. The Hall–Kier alpha value is -1.55. The van der Waals surface area contributed by atoms with Crippen molar-refractivity contribution < 1.29 is 9.53 Å². The fourth-order valence-corrected chi connectivity index (χ4v) is 1.86. The van der Waals surface area contributed by atoms with Crippen LogP contribution in [0.15, 0.2) is 12.1 Å². The number of halogens is 1. The minimum atomic E-state index is -0.416. The summed E-state index contributed by atoms with van der Waals surface area (Å²) in [5.41, 5.74) is 1.92. The monoisotopic (exact) mass is 252 g/mol. The Labute approximate surface area is 104 Å². The molecule has 0 radical (unpaired) electrons. The second kappa shape index (κ2) is 4.75. The lowest BCUT2D eigenvalue weighted by Crippen LogP contribution is -2.05. The first-order valence-corrected chi connectivity index (χ1v) is 5.88. The van der Waals surface area contributed by atoms with Gasteiger partial charge in [0.15, 0.2) is 0 Å². The van der Waals surface area contributed by atoms with Crippen LogP contribution in [-0.4, -0.2) is 22.5 Å². The Balaban J connectivity index is 2.50. The molecular weight excluding hydrogens is 240 g/mol. The average Bonchev–Trinajstić information content (AvgIpc) is 2.70. The normalized spacial score (nSPS) is 10.8. The Morgan fingerprint density at radius 3 is 2.88 bits per heavy atom. The van der Waals surface area contributed by atoms with Gasteiger partial charge in [-0.3, -0.25) is 0 Å². The second-order valence-electron chi connectivity index (χ2n) is 3.61. The molecular formula is C12H13ClN2O2. The number of aromatic nitrogens is 2. The number of esters is 1. The average molecular weight is 253 g/mol. The molecule has 0 bridgehead atoms. The molecule has 0 saturated carbocycles. The first kappa shape index (κ1) is 11.9. The number of nitrogens with zero attached hydrogens (tertiary/aromatic N) is 1. The number of H-pyrrole nitrogens is 1. The molecule has 0 amide bonds. The quantitative estimate of drug-likeness (QED) is 0.855. The molecule has 1 aromatic carbocycles. The standard InChI is InChI=1S/C12H13ClN2O2/c1-3-11-14-9-5-7(12(16)17-4-2)8(13)6-10(9)15-11/h5-6H,3-4H2,1-2H3,(H,14,15). The molecule has 0 fully saturated rings. The number of ether oxygens (including phenoxy) is 1. The topological polar surface area (TPSA) is 55.0 Å². The van der Waals surface area contributed by atoms with Gasteiger partial charge in [0.05, 0.1) is 28.2 Å². The molecule has 1 N–H and O–H groups in total. The van der Waals surface area contributed by atoms with Crippen molar-refractivity contribution in [2.75, 3.05) is 6.61 Å². The number of hydrogen-bond acceptors (Lipinski definition) is 3. The van der Waals surface area contributed by atoms with E-state index in [0.29, 0.717) is 17.2 Å². The summed E-state index contributed by atoms with van der Waals surface area (Å²) >= 11 is 6.04. The Bertz CT molecular complexity index is 563. The molecule has 4 nitrogen and oxygen atoms in total. The lowest BCUT2D eigenvalue weighted by molar-refractivity contribution is 0.0527. The zero-order valence-electron chi connectivity index (χ0n) is 9.71. The van der Waals surface area contributed by atoms with Gasteiger partial charge in [0.1, 0.15) is 5.82 Å². The zero-order valence-corrected chi connectivity index (χ0v) is 10.5. The third kappa shape index (κ3) is 2.26. The maximum absolute atomic E-state index is 11.6. The summed E-state index contributed by atoms with van der Waals surface area (Å²) in [4.78, 5) is 19.1. The van der Waals surface area contributed by atoms with Gasteiger partial charge in [-0.25, -0.2) is 9.78 Å². The first-order chi connectivity index (χ1) is 8.15. The van der Waals surface area contributed by atoms with E-state index in [9.17, 15) is 4.79 Å². The number of aryl methyl sites for hydroxylation is 1. The maximum atomic E-state index is 11.6. The van der Waals surface area contributed by atoms with Crippen molar-refractivity contribution in [1.29, 1.82) is 0 Å². The van der Waals surface area contributed by atoms with Crippen LogP contribution in [0.1, 0.15) is 30.0 Å². The molecule has 1 aromatic heterocycles. The van der Waals surface area contributed by atoms with Crippen LogP contribution in [0.25, 0.3) is 11.0 Å². The van der Waals surface area contributed by atoms with E-state index in [0.717, 1.165) is 23.3 Å². The Morgan fingerprint density at radius 1 is 1.47 bits per heavy atom. The van der Waals surface area contributed by atoms with Gasteiger partial charge >= 0.3 is 5.97 Å². The van der Waals surface area contributed by atoms with Crippen molar-refractivity contribution in [2.24, 2.45) is 0 Å². The summed E-state index contributed by atoms with van der Waals surface area (Å²) in [6.07, 6.45) is 0.807. The Kier molecular flexibility index (Phi) is 3.33. The van der Waals surface area contributed by atoms with E-state index in [1.807, 2.05) is 6.92 Å². The first-order valence-electron chi connectivity index (χ1n) is 5.51.